The largest absolute Gasteiger partial charge is 0.328 e. The summed E-state index contributed by atoms with van der Waals surface area (Å²) in [6.07, 6.45) is 4.37. The number of aryl methyl sites for hydroxylation is 1. The number of benzene rings is 1. The van der Waals surface area contributed by atoms with Gasteiger partial charge in [-0.15, -0.1) is 36.6 Å². The molecule has 1 aromatic carbocycles. The van der Waals surface area contributed by atoms with Gasteiger partial charge in [0.15, 0.2) is 0 Å². The van der Waals surface area contributed by atoms with E-state index in [-0.39, 0.29) is 36.1 Å². The Hall–Kier alpha value is -1.76. The van der Waals surface area contributed by atoms with Gasteiger partial charge in [0.1, 0.15) is 0 Å². The molecule has 0 fully saturated rings. The van der Waals surface area contributed by atoms with Crippen LogP contribution >= 0.6 is 36.6 Å². The van der Waals surface area contributed by atoms with Crippen LogP contribution in [-0.2, 0) is 6.54 Å². The smallest absolute Gasteiger partial charge is 0.293 e. The molecule has 0 unspecified atom stereocenters. The molecular formula is C16H17Cl2N3O2S. The van der Waals surface area contributed by atoms with E-state index in [1.165, 1.54) is 0 Å². The van der Waals surface area contributed by atoms with Crippen LogP contribution in [0.2, 0.25) is 0 Å². The number of thioether (sulfide) groups is 1. The fraction of sp³-hybridized carbons (Fsp3) is 0.188. The first-order valence-electron chi connectivity index (χ1n) is 7.00. The Morgan fingerprint density at radius 1 is 1.04 bits per heavy atom. The third-order valence-electron chi connectivity index (χ3n) is 3.35. The van der Waals surface area contributed by atoms with Crippen LogP contribution in [0.1, 0.15) is 6.42 Å². The van der Waals surface area contributed by atoms with Crippen LogP contribution in [0.25, 0.3) is 10.9 Å². The number of hydrogen-bond acceptors (Lipinski definition) is 4. The fourth-order valence-electron chi connectivity index (χ4n) is 2.31. The van der Waals surface area contributed by atoms with Gasteiger partial charge >= 0.3 is 5.69 Å². The van der Waals surface area contributed by atoms with Gasteiger partial charge in [-0.05, 0) is 36.4 Å². The molecule has 0 atom stereocenters. The van der Waals surface area contributed by atoms with Crippen molar-refractivity contribution in [1.29, 1.82) is 0 Å². The van der Waals surface area contributed by atoms with Gasteiger partial charge in [-0.3, -0.25) is 19.3 Å². The minimum absolute atomic E-state index is 0. The highest BCUT2D eigenvalue weighted by Crippen LogP contribution is 2.17. The summed E-state index contributed by atoms with van der Waals surface area (Å²) in [7, 11) is 0. The molecule has 128 valence electrons. The van der Waals surface area contributed by atoms with Crippen molar-refractivity contribution in [3.8, 4) is 0 Å². The number of nitrogens with zero attached hydrogens (tertiary/aromatic N) is 2. The normalized spacial score (nSPS) is 10.0. The number of rotatable bonds is 5. The zero-order valence-corrected chi connectivity index (χ0v) is 15.1. The predicted molar refractivity (Wildman–Crippen MR) is 103 cm³/mol. The Labute approximate surface area is 155 Å². The average Bonchev–Trinajstić information content (AvgIpc) is 2.55. The third kappa shape index (κ3) is 4.63. The van der Waals surface area contributed by atoms with Crippen LogP contribution in [0.15, 0.2) is 63.3 Å². The molecular weight excluding hydrogens is 369 g/mol. The number of aromatic nitrogens is 3. The maximum absolute atomic E-state index is 12.0. The van der Waals surface area contributed by atoms with Crippen molar-refractivity contribution in [3.05, 3.63) is 69.6 Å². The van der Waals surface area contributed by atoms with Crippen LogP contribution in [0.5, 0.6) is 0 Å². The summed E-state index contributed by atoms with van der Waals surface area (Å²) in [5.74, 6) is 0.893. The second kappa shape index (κ2) is 9.52. The van der Waals surface area contributed by atoms with Gasteiger partial charge in [0, 0.05) is 23.8 Å². The number of hydrogen-bond donors (Lipinski definition) is 1. The van der Waals surface area contributed by atoms with Crippen LogP contribution in [0, 0.1) is 0 Å². The summed E-state index contributed by atoms with van der Waals surface area (Å²) in [5.41, 5.74) is 0.00535. The summed E-state index contributed by atoms with van der Waals surface area (Å²) >= 11 is 1.73. The number of para-hydroxylation sites is 1. The number of aromatic amines is 1. The lowest BCUT2D eigenvalue weighted by atomic mass is 10.2. The molecule has 0 spiro atoms. The van der Waals surface area contributed by atoms with E-state index >= 15 is 0 Å². The fourth-order valence-corrected chi connectivity index (χ4v) is 3.13. The van der Waals surface area contributed by atoms with E-state index < -0.39 is 0 Å². The highest BCUT2D eigenvalue weighted by atomic mass is 35.5. The van der Waals surface area contributed by atoms with Crippen LogP contribution < -0.4 is 11.2 Å². The van der Waals surface area contributed by atoms with Gasteiger partial charge in [0.2, 0.25) is 0 Å². The highest BCUT2D eigenvalue weighted by Gasteiger charge is 2.06. The van der Waals surface area contributed by atoms with Gasteiger partial charge in [0.25, 0.3) is 5.56 Å². The molecule has 2 aromatic heterocycles. The lowest BCUT2D eigenvalue weighted by molar-refractivity contribution is 0.662. The molecule has 0 saturated carbocycles. The predicted octanol–water partition coefficient (Wildman–Crippen LogP) is 3.11. The van der Waals surface area contributed by atoms with Gasteiger partial charge < -0.3 is 0 Å². The Balaban J connectivity index is 0.00000144. The molecule has 24 heavy (non-hydrogen) atoms. The summed E-state index contributed by atoms with van der Waals surface area (Å²) < 4.78 is 1.63. The lowest BCUT2D eigenvalue weighted by Gasteiger charge is -2.09. The lowest BCUT2D eigenvalue weighted by Crippen LogP contribution is -2.30. The zero-order chi connectivity index (χ0) is 15.4. The van der Waals surface area contributed by atoms with Crippen LogP contribution in [0.3, 0.4) is 0 Å². The molecule has 3 aromatic rings. The first kappa shape index (κ1) is 20.3. The molecule has 0 radical (unpaired) electrons. The van der Waals surface area contributed by atoms with E-state index in [0.29, 0.717) is 17.4 Å². The summed E-state index contributed by atoms with van der Waals surface area (Å²) in [5, 5.41) is 0.545. The number of pyridine rings is 1. The average molecular weight is 386 g/mol. The van der Waals surface area contributed by atoms with Crippen molar-refractivity contribution in [2.45, 2.75) is 17.9 Å². The summed E-state index contributed by atoms with van der Waals surface area (Å²) in [6.45, 7) is 0.578. The second-order valence-electron chi connectivity index (χ2n) is 4.81. The van der Waals surface area contributed by atoms with Gasteiger partial charge in [-0.1, -0.05) is 12.1 Å². The first-order valence-corrected chi connectivity index (χ1v) is 7.99. The second-order valence-corrected chi connectivity index (χ2v) is 5.98. The molecule has 2 heterocycles. The quantitative estimate of drug-likeness (QED) is 0.541. The maximum Gasteiger partial charge on any atom is 0.328 e. The van der Waals surface area contributed by atoms with E-state index in [1.54, 1.807) is 40.9 Å². The minimum atomic E-state index is -0.349. The Morgan fingerprint density at radius 2 is 1.75 bits per heavy atom. The molecule has 5 nitrogen and oxygen atoms in total. The van der Waals surface area contributed by atoms with Crippen LogP contribution in [0.4, 0.5) is 0 Å². The van der Waals surface area contributed by atoms with E-state index in [4.69, 9.17) is 0 Å². The monoisotopic (exact) mass is 385 g/mol. The summed E-state index contributed by atoms with van der Waals surface area (Å²) in [6, 6.07) is 11.1. The van der Waals surface area contributed by atoms with Gasteiger partial charge in [0.05, 0.1) is 10.9 Å². The molecule has 0 amide bonds. The maximum atomic E-state index is 12.0. The molecule has 1 N–H and O–H groups in total. The Morgan fingerprint density at radius 3 is 2.50 bits per heavy atom. The van der Waals surface area contributed by atoms with Crippen molar-refractivity contribution in [2.75, 3.05) is 5.75 Å². The first-order chi connectivity index (χ1) is 10.8. The summed E-state index contributed by atoms with van der Waals surface area (Å²) in [4.78, 5) is 31.3. The number of halogens is 2. The molecule has 8 heteroatoms. The van der Waals surface area contributed by atoms with Crippen molar-refractivity contribution < 1.29 is 0 Å². The number of fused-ring (bicyclic) bond motifs is 1. The van der Waals surface area contributed by atoms with E-state index in [0.717, 1.165) is 17.1 Å². The topological polar surface area (TPSA) is 67.8 Å². The zero-order valence-electron chi connectivity index (χ0n) is 12.7. The molecule has 0 aliphatic heterocycles. The standard InChI is InChI=1S/C16H15N3O2S.2ClH/c20-15-13-4-1-2-5-14(13)19(16(21)18-15)10-3-11-22-12-6-8-17-9-7-12;;/h1-2,4-9H,3,10-11H2,(H,18,20,21);2*1H. The highest BCUT2D eigenvalue weighted by molar-refractivity contribution is 7.99. The van der Waals surface area contributed by atoms with E-state index in [2.05, 4.69) is 9.97 Å². The SMILES string of the molecule is Cl.Cl.O=c1[nH]c(=O)n(CCCSc2ccncc2)c2ccccc12. The van der Waals surface area contributed by atoms with Crippen molar-refractivity contribution in [2.24, 2.45) is 0 Å². The van der Waals surface area contributed by atoms with Crippen molar-refractivity contribution in [1.82, 2.24) is 14.5 Å². The molecule has 0 bridgehead atoms. The Bertz CT molecular complexity index is 897. The number of nitrogens with one attached hydrogen (secondary N) is 1. The molecule has 0 aliphatic carbocycles. The molecule has 0 saturated heterocycles. The van der Waals surface area contributed by atoms with E-state index in [1.807, 2.05) is 24.3 Å². The van der Waals surface area contributed by atoms with Gasteiger partial charge in [-0.25, -0.2) is 4.79 Å². The molecule has 0 aliphatic rings. The molecule has 3 rings (SSSR count). The number of H-pyrrole nitrogens is 1. The van der Waals surface area contributed by atoms with E-state index in [9.17, 15) is 9.59 Å². The van der Waals surface area contributed by atoms with Crippen molar-refractivity contribution in [3.63, 3.8) is 0 Å². The van der Waals surface area contributed by atoms with Crippen molar-refractivity contribution >= 4 is 47.5 Å². The third-order valence-corrected chi connectivity index (χ3v) is 4.45. The van der Waals surface area contributed by atoms with Gasteiger partial charge in [-0.2, -0.15) is 0 Å². The van der Waals surface area contributed by atoms with Crippen LogP contribution in [-0.4, -0.2) is 20.3 Å². The minimum Gasteiger partial charge on any atom is -0.293 e. The Kier molecular flexibility index (Phi) is 8.04.